The van der Waals surface area contributed by atoms with Gasteiger partial charge in [0.15, 0.2) is 0 Å². The number of hydrogen-bond acceptors (Lipinski definition) is 4. The van der Waals surface area contributed by atoms with E-state index < -0.39 is 8.80 Å². The van der Waals surface area contributed by atoms with E-state index in [1.807, 2.05) is 20.8 Å². The molecule has 0 saturated carbocycles. The maximum Gasteiger partial charge on any atom is 0.502 e. The zero-order valence-electron chi connectivity index (χ0n) is 16.1. The predicted octanol–water partition coefficient (Wildman–Crippen LogP) is 5.24. The molecular weight excluding hydrogens is 306 g/mol. The van der Waals surface area contributed by atoms with Gasteiger partial charge < -0.3 is 19.0 Å². The van der Waals surface area contributed by atoms with Crippen LogP contribution in [0.15, 0.2) is 0 Å². The Morgan fingerprint density at radius 1 is 0.739 bits per heavy atom. The second-order valence-corrected chi connectivity index (χ2v) is 8.98. The van der Waals surface area contributed by atoms with Crippen molar-refractivity contribution in [2.24, 2.45) is 5.73 Å². The van der Waals surface area contributed by atoms with Crippen LogP contribution in [0, 0.1) is 0 Å². The molecule has 0 aromatic rings. The van der Waals surface area contributed by atoms with Crippen LogP contribution in [0.25, 0.3) is 0 Å². The predicted molar refractivity (Wildman–Crippen MR) is 100 cm³/mol. The molecule has 0 heterocycles. The third-order valence-corrected chi connectivity index (χ3v) is 7.08. The minimum Gasteiger partial charge on any atom is -0.374 e. The van der Waals surface area contributed by atoms with Gasteiger partial charge in [0.1, 0.15) is 0 Å². The largest absolute Gasteiger partial charge is 0.502 e. The molecule has 2 N–H and O–H groups in total. The van der Waals surface area contributed by atoms with Crippen molar-refractivity contribution in [3.8, 4) is 0 Å². The van der Waals surface area contributed by atoms with Crippen LogP contribution in [-0.2, 0) is 13.3 Å². The molecule has 0 saturated heterocycles. The van der Waals surface area contributed by atoms with E-state index in [2.05, 4.69) is 6.92 Å². The first-order valence-corrected chi connectivity index (χ1v) is 11.7. The van der Waals surface area contributed by atoms with Gasteiger partial charge in [-0.05, 0) is 27.2 Å². The van der Waals surface area contributed by atoms with Crippen molar-refractivity contribution in [1.29, 1.82) is 0 Å². The van der Waals surface area contributed by atoms with E-state index in [0.717, 1.165) is 12.5 Å². The summed E-state index contributed by atoms with van der Waals surface area (Å²) in [5, 5.41) is 0. The Hall–Kier alpha value is 0.0569. The first-order chi connectivity index (χ1) is 11.1. The molecule has 1 unspecified atom stereocenters. The number of nitrogens with two attached hydrogens (primary N) is 1. The SMILES string of the molecule is CCCCCCCCCCCC[Si](OCC)(OCC)OC(C)N. The lowest BCUT2D eigenvalue weighted by molar-refractivity contribution is 0.0399. The molecular formula is C18H41NO3Si. The van der Waals surface area contributed by atoms with Crippen LogP contribution in [0.1, 0.15) is 91.9 Å². The summed E-state index contributed by atoms with van der Waals surface area (Å²) in [5.74, 6) is 0. The molecule has 0 amide bonds. The zero-order chi connectivity index (χ0) is 17.4. The first kappa shape index (κ1) is 23.1. The number of rotatable bonds is 17. The molecule has 0 spiro atoms. The molecule has 0 aliphatic carbocycles. The average Bonchev–Trinajstić information content (AvgIpc) is 2.49. The lowest BCUT2D eigenvalue weighted by Gasteiger charge is -2.30. The van der Waals surface area contributed by atoms with Crippen LogP contribution in [-0.4, -0.2) is 28.2 Å². The zero-order valence-corrected chi connectivity index (χ0v) is 17.1. The minimum absolute atomic E-state index is 0.331. The van der Waals surface area contributed by atoms with Crippen molar-refractivity contribution in [1.82, 2.24) is 0 Å². The van der Waals surface area contributed by atoms with Crippen LogP contribution < -0.4 is 5.73 Å². The summed E-state index contributed by atoms with van der Waals surface area (Å²) in [6.07, 6.45) is 12.9. The van der Waals surface area contributed by atoms with Gasteiger partial charge in [-0.1, -0.05) is 64.7 Å². The molecule has 0 fully saturated rings. The van der Waals surface area contributed by atoms with E-state index in [1.165, 1.54) is 57.8 Å². The smallest absolute Gasteiger partial charge is 0.374 e. The number of unbranched alkanes of at least 4 members (excludes halogenated alkanes) is 9. The molecule has 1 atom stereocenters. The Bertz CT molecular complexity index is 246. The normalized spacial score (nSPS) is 13.4. The summed E-state index contributed by atoms with van der Waals surface area (Å²) in [6.45, 7) is 9.34. The molecule has 23 heavy (non-hydrogen) atoms. The molecule has 0 aliphatic rings. The third kappa shape index (κ3) is 13.1. The van der Waals surface area contributed by atoms with E-state index in [1.54, 1.807) is 0 Å². The Morgan fingerprint density at radius 3 is 1.57 bits per heavy atom. The quantitative estimate of drug-likeness (QED) is 0.222. The Morgan fingerprint density at radius 2 is 1.17 bits per heavy atom. The lowest BCUT2D eigenvalue weighted by Crippen LogP contribution is -2.49. The van der Waals surface area contributed by atoms with E-state index in [0.29, 0.717) is 13.2 Å². The summed E-state index contributed by atoms with van der Waals surface area (Å²) in [6, 6.07) is 0.882. The minimum atomic E-state index is -2.57. The molecule has 4 nitrogen and oxygen atoms in total. The molecule has 0 aromatic heterocycles. The molecule has 0 aliphatic heterocycles. The summed E-state index contributed by atoms with van der Waals surface area (Å²) in [5.41, 5.74) is 5.81. The van der Waals surface area contributed by atoms with Crippen molar-refractivity contribution in [3.05, 3.63) is 0 Å². The molecule has 0 aromatic carbocycles. The third-order valence-electron chi connectivity index (χ3n) is 3.93. The van der Waals surface area contributed by atoms with Crippen LogP contribution in [0.3, 0.4) is 0 Å². The van der Waals surface area contributed by atoms with Gasteiger partial charge in [0.2, 0.25) is 0 Å². The van der Waals surface area contributed by atoms with E-state index >= 15 is 0 Å². The average molecular weight is 348 g/mol. The summed E-state index contributed by atoms with van der Waals surface area (Å²) < 4.78 is 17.6. The lowest BCUT2D eigenvalue weighted by atomic mass is 10.1. The first-order valence-electron chi connectivity index (χ1n) is 9.81. The Kier molecular flexibility index (Phi) is 15.6. The molecule has 0 rings (SSSR count). The summed E-state index contributed by atoms with van der Waals surface area (Å²) in [7, 11) is -2.57. The number of hydrogen-bond donors (Lipinski definition) is 1. The fourth-order valence-corrected chi connectivity index (χ4v) is 5.62. The van der Waals surface area contributed by atoms with Crippen molar-refractivity contribution in [2.45, 2.75) is 104 Å². The van der Waals surface area contributed by atoms with Crippen LogP contribution in [0.2, 0.25) is 6.04 Å². The fourth-order valence-electron chi connectivity index (χ4n) is 2.86. The van der Waals surface area contributed by atoms with Gasteiger partial charge in [0, 0.05) is 19.3 Å². The van der Waals surface area contributed by atoms with Gasteiger partial charge in [-0.2, -0.15) is 0 Å². The van der Waals surface area contributed by atoms with E-state index in [-0.39, 0.29) is 6.23 Å². The van der Waals surface area contributed by atoms with Gasteiger partial charge in [-0.15, -0.1) is 0 Å². The van der Waals surface area contributed by atoms with Crippen LogP contribution >= 0.6 is 0 Å². The fraction of sp³-hybridized carbons (Fsp3) is 1.00. The Labute approximate surface area is 145 Å². The summed E-state index contributed by atoms with van der Waals surface area (Å²) in [4.78, 5) is 0. The van der Waals surface area contributed by atoms with Crippen molar-refractivity contribution in [2.75, 3.05) is 13.2 Å². The highest BCUT2D eigenvalue weighted by Crippen LogP contribution is 2.21. The maximum atomic E-state index is 5.88. The van der Waals surface area contributed by atoms with E-state index in [9.17, 15) is 0 Å². The monoisotopic (exact) mass is 347 g/mol. The highest BCUT2D eigenvalue weighted by molar-refractivity contribution is 6.60. The topological polar surface area (TPSA) is 53.7 Å². The Balaban J connectivity index is 3.85. The van der Waals surface area contributed by atoms with Crippen LogP contribution in [0.4, 0.5) is 0 Å². The highest BCUT2D eigenvalue weighted by Gasteiger charge is 2.41. The summed E-state index contributed by atoms with van der Waals surface area (Å²) >= 11 is 0. The maximum absolute atomic E-state index is 5.88. The van der Waals surface area contributed by atoms with Gasteiger partial charge >= 0.3 is 8.80 Å². The van der Waals surface area contributed by atoms with Gasteiger partial charge in [-0.25, -0.2) is 0 Å². The molecule has 0 radical (unpaired) electrons. The second kappa shape index (κ2) is 15.6. The van der Waals surface area contributed by atoms with Gasteiger partial charge in [-0.3, -0.25) is 0 Å². The standard InChI is InChI=1S/C18H41NO3Si/c1-5-8-9-10-11-12-13-14-15-16-17-23(20-6-2,21-7-3)22-18(4)19/h18H,5-17,19H2,1-4H3. The molecule has 5 heteroatoms. The van der Waals surface area contributed by atoms with Gasteiger partial charge in [0.25, 0.3) is 0 Å². The van der Waals surface area contributed by atoms with Crippen molar-refractivity contribution in [3.63, 3.8) is 0 Å². The van der Waals surface area contributed by atoms with Crippen molar-refractivity contribution >= 4 is 8.80 Å². The van der Waals surface area contributed by atoms with E-state index in [4.69, 9.17) is 19.0 Å². The van der Waals surface area contributed by atoms with Gasteiger partial charge in [0.05, 0.1) is 6.23 Å². The molecule has 140 valence electrons. The van der Waals surface area contributed by atoms with Crippen LogP contribution in [0.5, 0.6) is 0 Å². The van der Waals surface area contributed by atoms with Crippen molar-refractivity contribution < 1.29 is 13.3 Å². The molecule has 0 bridgehead atoms. The second-order valence-electron chi connectivity index (χ2n) is 6.30. The highest BCUT2D eigenvalue weighted by atomic mass is 28.4.